The van der Waals surface area contributed by atoms with Crippen LogP contribution in [0.2, 0.25) is 0 Å². The van der Waals surface area contributed by atoms with E-state index in [1.54, 1.807) is 12.3 Å². The smallest absolute Gasteiger partial charge is 0.272 e. The second kappa shape index (κ2) is 9.60. The summed E-state index contributed by atoms with van der Waals surface area (Å²) in [5, 5.41) is 3.15. The van der Waals surface area contributed by atoms with Gasteiger partial charge in [-0.05, 0) is 59.5 Å². The van der Waals surface area contributed by atoms with E-state index in [0.717, 1.165) is 54.0 Å². The summed E-state index contributed by atoms with van der Waals surface area (Å²) in [6, 6.07) is 1.47. The number of aliphatic imine (C=N–C) groups is 1. The van der Waals surface area contributed by atoms with E-state index in [-0.39, 0.29) is 5.91 Å². The number of carbonyl (C=O) groups is 1. The summed E-state index contributed by atoms with van der Waals surface area (Å²) >= 11 is 0. The molecule has 0 bridgehead atoms. The van der Waals surface area contributed by atoms with Crippen molar-refractivity contribution in [2.45, 2.75) is 32.4 Å². The fraction of sp³-hybridized carbons (Fsp3) is 0.292. The van der Waals surface area contributed by atoms with Gasteiger partial charge in [0, 0.05) is 25.5 Å². The zero-order chi connectivity index (χ0) is 22.5. The molecule has 1 atom stereocenters. The Morgan fingerprint density at radius 1 is 1.41 bits per heavy atom. The first-order chi connectivity index (χ1) is 15.6. The number of nitrogens with one attached hydrogen (secondary N) is 2. The predicted molar refractivity (Wildman–Crippen MR) is 123 cm³/mol. The number of pyridine rings is 1. The molecule has 1 unspecified atom stereocenters. The summed E-state index contributed by atoms with van der Waals surface area (Å²) in [6.45, 7) is 3.57. The van der Waals surface area contributed by atoms with Gasteiger partial charge in [0.05, 0.1) is 18.5 Å². The second-order valence-electron chi connectivity index (χ2n) is 7.67. The fourth-order valence-electron chi connectivity index (χ4n) is 3.82. The second-order valence-corrected chi connectivity index (χ2v) is 7.67. The summed E-state index contributed by atoms with van der Waals surface area (Å²) in [7, 11) is 1.40. The number of aromatic nitrogens is 1. The van der Waals surface area contributed by atoms with Gasteiger partial charge in [-0.15, -0.1) is 0 Å². The standard InChI is InChI=1S/C24H25N5O3/c1-3-17-11-21-22(27-23(17)15-30)10-16(12-25-21)14-29-8-6-18(7-9-29)19-4-5-20(26-13-19)24(31)28-32-2/h4-6,8,10-13,20,27H,3,7,9,14H2,1-2H3,(H,28,31). The summed E-state index contributed by atoms with van der Waals surface area (Å²) < 4.78 is 0. The van der Waals surface area contributed by atoms with Gasteiger partial charge in [-0.25, -0.2) is 10.3 Å². The summed E-state index contributed by atoms with van der Waals surface area (Å²) in [4.78, 5) is 38.7. The zero-order valence-corrected chi connectivity index (χ0v) is 18.1. The molecule has 2 N–H and O–H groups in total. The Kier molecular flexibility index (Phi) is 6.44. The lowest BCUT2D eigenvalue weighted by Gasteiger charge is -2.26. The fourth-order valence-corrected chi connectivity index (χ4v) is 3.82. The van der Waals surface area contributed by atoms with Crippen molar-refractivity contribution in [1.82, 2.24) is 15.4 Å². The highest BCUT2D eigenvalue weighted by Crippen LogP contribution is 2.29. The van der Waals surface area contributed by atoms with E-state index in [2.05, 4.69) is 42.8 Å². The molecule has 8 heteroatoms. The van der Waals surface area contributed by atoms with Gasteiger partial charge < -0.3 is 10.2 Å². The minimum absolute atomic E-state index is 0.292. The van der Waals surface area contributed by atoms with E-state index >= 15 is 0 Å². The molecule has 3 aliphatic heterocycles. The predicted octanol–water partition coefficient (Wildman–Crippen LogP) is 2.72. The maximum absolute atomic E-state index is 11.8. The number of amides is 1. The summed E-state index contributed by atoms with van der Waals surface area (Å²) in [5.41, 5.74) is 8.60. The molecule has 0 radical (unpaired) electrons. The van der Waals surface area contributed by atoms with Crippen molar-refractivity contribution >= 4 is 29.8 Å². The molecule has 0 saturated carbocycles. The van der Waals surface area contributed by atoms with Crippen LogP contribution in [0.4, 0.5) is 5.69 Å². The molecule has 0 fully saturated rings. The van der Waals surface area contributed by atoms with Crippen LogP contribution in [-0.4, -0.2) is 47.6 Å². The monoisotopic (exact) mass is 431 g/mol. The Hall–Kier alpha value is -3.74. The largest absolute Gasteiger partial charge is 0.373 e. The first-order valence-electron chi connectivity index (χ1n) is 10.5. The number of dihydropyridines is 1. The number of fused-ring (bicyclic) bond motifs is 1. The van der Waals surface area contributed by atoms with Gasteiger partial charge in [-0.1, -0.05) is 19.1 Å². The first kappa shape index (κ1) is 21.5. The third-order valence-electron chi connectivity index (χ3n) is 5.56. The quantitative estimate of drug-likeness (QED) is 0.550. The van der Waals surface area contributed by atoms with E-state index in [9.17, 15) is 9.59 Å². The molecular formula is C24H25N5O3. The average molecular weight is 431 g/mol. The van der Waals surface area contributed by atoms with Crippen LogP contribution in [-0.2, 0) is 21.0 Å². The molecule has 1 aromatic rings. The third kappa shape index (κ3) is 4.61. The molecule has 4 rings (SSSR count). The maximum Gasteiger partial charge on any atom is 0.272 e. The summed E-state index contributed by atoms with van der Waals surface area (Å²) in [5.74, 6) is 1.69. The van der Waals surface area contributed by atoms with Crippen molar-refractivity contribution in [1.29, 1.82) is 0 Å². The van der Waals surface area contributed by atoms with Gasteiger partial charge >= 0.3 is 0 Å². The van der Waals surface area contributed by atoms with Crippen molar-refractivity contribution in [3.63, 3.8) is 0 Å². The number of hydrogen-bond donors (Lipinski definition) is 2. The van der Waals surface area contributed by atoms with Gasteiger partial charge in [0.25, 0.3) is 5.91 Å². The number of carbonyl (C=O) groups excluding carboxylic acids is 2. The van der Waals surface area contributed by atoms with E-state index in [4.69, 9.17) is 0 Å². The van der Waals surface area contributed by atoms with E-state index < -0.39 is 6.04 Å². The van der Waals surface area contributed by atoms with Crippen molar-refractivity contribution in [2.75, 3.05) is 19.0 Å². The van der Waals surface area contributed by atoms with Crippen molar-refractivity contribution in [3.05, 3.63) is 70.4 Å². The number of allylic oxidation sites excluding steroid dienone is 4. The number of nitrogens with zero attached hydrogens (tertiary/aromatic N) is 3. The van der Waals surface area contributed by atoms with Crippen molar-refractivity contribution in [2.24, 2.45) is 4.99 Å². The van der Waals surface area contributed by atoms with Crippen molar-refractivity contribution in [3.8, 4) is 0 Å². The maximum atomic E-state index is 11.8. The molecule has 164 valence electrons. The molecule has 1 amide bonds. The van der Waals surface area contributed by atoms with E-state index in [0.29, 0.717) is 5.70 Å². The molecule has 1 aromatic heterocycles. The van der Waals surface area contributed by atoms with Gasteiger partial charge in [0.2, 0.25) is 0 Å². The Balaban J connectivity index is 1.42. The van der Waals surface area contributed by atoms with Gasteiger partial charge in [-0.2, -0.15) is 0 Å². The van der Waals surface area contributed by atoms with Crippen LogP contribution in [0.1, 0.15) is 31.0 Å². The Morgan fingerprint density at radius 2 is 2.28 bits per heavy atom. The molecule has 8 nitrogen and oxygen atoms in total. The Bertz CT molecular complexity index is 1110. The molecule has 4 heterocycles. The zero-order valence-electron chi connectivity index (χ0n) is 18.1. The minimum Gasteiger partial charge on any atom is -0.373 e. The van der Waals surface area contributed by atoms with Gasteiger partial charge in [0.15, 0.2) is 5.94 Å². The Labute approximate surface area is 186 Å². The molecule has 0 aromatic carbocycles. The summed E-state index contributed by atoms with van der Waals surface area (Å²) in [6.07, 6.45) is 15.0. The van der Waals surface area contributed by atoms with Crippen LogP contribution >= 0.6 is 0 Å². The number of hydrogen-bond acceptors (Lipinski definition) is 7. The lowest BCUT2D eigenvalue weighted by Crippen LogP contribution is -2.32. The van der Waals surface area contributed by atoms with E-state index in [1.807, 2.05) is 37.3 Å². The molecule has 0 saturated heterocycles. The normalized spacial score (nSPS) is 21.6. The van der Waals surface area contributed by atoms with Crippen LogP contribution in [0, 0.1) is 0 Å². The highest BCUT2D eigenvalue weighted by atomic mass is 16.6. The van der Waals surface area contributed by atoms with Crippen LogP contribution < -0.4 is 10.8 Å². The van der Waals surface area contributed by atoms with Crippen LogP contribution in [0.5, 0.6) is 0 Å². The number of hydroxylamine groups is 1. The van der Waals surface area contributed by atoms with Gasteiger partial charge in [-0.3, -0.25) is 19.6 Å². The SMILES string of the molecule is CCC1=Cc2ncc(CN3C=CC(=C4C=CC(C(=O)NOC)N=C4)CC3)cc2NC1=C=O. The van der Waals surface area contributed by atoms with Crippen LogP contribution in [0.25, 0.3) is 6.08 Å². The molecule has 3 aliphatic rings. The molecule has 32 heavy (non-hydrogen) atoms. The Morgan fingerprint density at radius 3 is 2.94 bits per heavy atom. The van der Waals surface area contributed by atoms with Crippen LogP contribution in [0.3, 0.4) is 0 Å². The average Bonchev–Trinajstić information content (AvgIpc) is 2.84. The molecular weight excluding hydrogens is 406 g/mol. The van der Waals surface area contributed by atoms with Crippen LogP contribution in [0.15, 0.2) is 64.1 Å². The highest BCUT2D eigenvalue weighted by Gasteiger charge is 2.19. The van der Waals surface area contributed by atoms with Gasteiger partial charge in [0.1, 0.15) is 11.7 Å². The number of rotatable bonds is 5. The highest BCUT2D eigenvalue weighted by molar-refractivity contribution is 5.92. The number of anilines is 1. The van der Waals surface area contributed by atoms with Crippen molar-refractivity contribution < 1.29 is 14.4 Å². The first-order valence-corrected chi connectivity index (χ1v) is 10.5. The molecule has 0 aliphatic carbocycles. The lowest BCUT2D eigenvalue weighted by atomic mass is 10.00. The van der Waals surface area contributed by atoms with E-state index in [1.165, 1.54) is 12.7 Å². The lowest BCUT2D eigenvalue weighted by molar-refractivity contribution is -0.131. The third-order valence-corrected chi connectivity index (χ3v) is 5.56. The minimum atomic E-state index is -0.564. The molecule has 0 spiro atoms. The topological polar surface area (TPSA) is 95.9 Å².